The van der Waals surface area contributed by atoms with Crippen molar-refractivity contribution in [2.45, 2.75) is 31.9 Å². The van der Waals surface area contributed by atoms with Gasteiger partial charge in [0.2, 0.25) is 12.7 Å². The molecule has 10 aromatic rings. The number of imidazole rings is 2. The number of halogens is 3. The fourth-order valence-corrected chi connectivity index (χ4v) is 10.0. The van der Waals surface area contributed by atoms with Gasteiger partial charge in [-0.15, -0.1) is 44.8 Å². The molecule has 6 aromatic carbocycles. The van der Waals surface area contributed by atoms with Crippen LogP contribution in [0.1, 0.15) is 51.9 Å². The summed E-state index contributed by atoms with van der Waals surface area (Å²) in [4.78, 5) is 3.87. The zero-order valence-electron chi connectivity index (χ0n) is 36.9. The predicted molar refractivity (Wildman–Crippen MR) is 256 cm³/mol. The number of allylic oxidation sites excluding steroid dienone is 6. The van der Waals surface area contributed by atoms with Gasteiger partial charge < -0.3 is 28.5 Å². The minimum atomic E-state index is -4.46. The average Bonchev–Trinajstić information content (AvgIpc) is 4.10. The maximum Gasteiger partial charge on any atom is 0.431 e. The molecule has 4 heterocycles. The van der Waals surface area contributed by atoms with E-state index in [0.717, 1.165) is 54.2 Å². The van der Waals surface area contributed by atoms with Crippen LogP contribution < -0.4 is 14.2 Å². The number of hydrogen-bond acceptors (Lipinski definition) is 2. The van der Waals surface area contributed by atoms with Gasteiger partial charge in [0, 0.05) is 32.0 Å². The molecule has 0 N–H and O–H groups in total. The molecule has 0 spiro atoms. The second-order valence-corrected chi connectivity index (χ2v) is 17.1. The molecule has 4 aromatic heterocycles. The number of fused-ring (bicyclic) bond motifs is 2. The van der Waals surface area contributed by atoms with Gasteiger partial charge in [-0.05, 0) is 64.4 Å². The molecular weight excluding hydrogens is 1030 g/mol. The Kier molecular flexibility index (Phi) is 10.8. The Morgan fingerprint density at radius 2 is 1.15 bits per heavy atom. The Hall–Kier alpha value is -7.46. The summed E-state index contributed by atoms with van der Waals surface area (Å²) in [5.41, 5.74) is 17.5. The minimum Gasteiger partial charge on any atom is -0.573 e. The number of nitrogens with zero attached hydrogens (tertiary/aromatic N) is 7. The molecule has 1 radical (unpaired) electrons. The first-order valence-corrected chi connectivity index (χ1v) is 22.2. The van der Waals surface area contributed by atoms with Crippen LogP contribution in [0.4, 0.5) is 13.2 Å². The molecule has 0 bridgehead atoms. The molecule has 7 nitrogen and oxygen atoms in total. The van der Waals surface area contributed by atoms with E-state index in [0.29, 0.717) is 5.69 Å². The van der Waals surface area contributed by atoms with Crippen molar-refractivity contribution in [3.05, 3.63) is 204 Å². The molecular formula is C57H39F3IrN7-3. The van der Waals surface area contributed by atoms with Gasteiger partial charge in [0.25, 0.3) is 0 Å². The van der Waals surface area contributed by atoms with Crippen molar-refractivity contribution in [3.63, 3.8) is 0 Å². The van der Waals surface area contributed by atoms with Crippen molar-refractivity contribution in [2.75, 3.05) is 0 Å². The van der Waals surface area contributed by atoms with Crippen LogP contribution in [-0.4, -0.2) is 19.2 Å². The van der Waals surface area contributed by atoms with E-state index >= 15 is 0 Å². The zero-order chi connectivity index (χ0) is 45.4. The molecule has 0 atom stereocenters. The van der Waals surface area contributed by atoms with Gasteiger partial charge in [-0.25, -0.2) is 0 Å². The molecule has 0 amide bonds. The zero-order valence-corrected chi connectivity index (χ0v) is 39.3. The maximum absolute atomic E-state index is 12.2. The van der Waals surface area contributed by atoms with Crippen LogP contribution >= 0.6 is 0 Å². The number of aromatic nitrogens is 7. The van der Waals surface area contributed by atoms with Crippen LogP contribution in [0.3, 0.4) is 0 Å². The Morgan fingerprint density at radius 3 is 1.63 bits per heavy atom. The normalized spacial score (nSPS) is 14.0. The summed E-state index contributed by atoms with van der Waals surface area (Å²) in [5, 5.41) is 11.8. The van der Waals surface area contributed by atoms with Crippen molar-refractivity contribution in [2.24, 2.45) is 14.1 Å². The molecule has 4 aliphatic carbocycles. The van der Waals surface area contributed by atoms with Crippen LogP contribution in [0, 0.1) is 24.8 Å². The number of alkyl halides is 3. The number of benzene rings is 6. The Labute approximate surface area is 403 Å². The molecule has 0 aliphatic heterocycles. The van der Waals surface area contributed by atoms with Crippen molar-refractivity contribution in [1.82, 2.24) is 24.3 Å². The summed E-state index contributed by atoms with van der Waals surface area (Å²) in [6, 6.07) is 43.1. The van der Waals surface area contributed by atoms with E-state index in [1.54, 1.807) is 18.2 Å². The summed E-state index contributed by atoms with van der Waals surface area (Å²) >= 11 is 0. The molecule has 11 heteroatoms. The number of pyridine rings is 1. The van der Waals surface area contributed by atoms with E-state index in [4.69, 9.17) is 0 Å². The van der Waals surface area contributed by atoms with E-state index in [9.17, 15) is 13.2 Å². The number of hydrogen-bond donors (Lipinski definition) is 0. The average molecular weight is 1070 g/mol. The molecule has 0 saturated carbocycles. The quantitative estimate of drug-likeness (QED) is 0.131. The van der Waals surface area contributed by atoms with Gasteiger partial charge in [0.05, 0.1) is 36.2 Å². The van der Waals surface area contributed by atoms with Gasteiger partial charge >= 0.3 is 6.18 Å². The number of aryl methyl sites for hydroxylation is 2. The SMILES string of the molecule is C[n+]1[c-]n(-c2[c-]cc3c4c5c(ccc24)C=CCC5=CC3)c2ccccc21.C[n+]1[c-]n(-c2[c-]cc3c4c5c(ccc24)C=CCC5=CC3)c2ccccc21.FC(F)(F)c1cc(-c2ccccn2)[n-]n1.[Ir]. The molecule has 68 heavy (non-hydrogen) atoms. The molecule has 335 valence electrons. The summed E-state index contributed by atoms with van der Waals surface area (Å²) in [5.74, 6) is 0. The number of rotatable bonds is 3. The third kappa shape index (κ3) is 7.25. The van der Waals surface area contributed by atoms with Crippen molar-refractivity contribution in [1.29, 1.82) is 0 Å². The second kappa shape index (κ2) is 17.0. The standard InChI is InChI=1S/2C24H17N2.C9H5F3N3.Ir/c2*1-25-15-26(22-8-3-2-7-21(22)25)20-14-12-18-10-9-16-5-4-6-17-11-13-19(20)24(18)23(16)17;10-9(11,12)8-5-7(14-15-8)6-3-1-2-4-13-6;/h2*2-4,6-9,11-13H,5,10H2,1H3;1-5H;/q3*-1;. The van der Waals surface area contributed by atoms with Gasteiger partial charge in [0.1, 0.15) is 5.69 Å². The fourth-order valence-electron chi connectivity index (χ4n) is 10.0. The first kappa shape index (κ1) is 43.1. The maximum atomic E-state index is 12.2. The monoisotopic (exact) mass is 1070 g/mol. The van der Waals surface area contributed by atoms with E-state index in [2.05, 4.69) is 180 Å². The van der Waals surface area contributed by atoms with Crippen molar-refractivity contribution < 1.29 is 42.4 Å². The molecule has 0 fully saturated rings. The van der Waals surface area contributed by atoms with E-state index in [1.165, 1.54) is 83.3 Å². The van der Waals surface area contributed by atoms with Crippen LogP contribution in [0.5, 0.6) is 0 Å². The van der Waals surface area contributed by atoms with Crippen molar-refractivity contribution >= 4 is 66.9 Å². The first-order chi connectivity index (χ1) is 32.7. The summed E-state index contributed by atoms with van der Waals surface area (Å²) < 4.78 is 45.0. The third-order valence-electron chi connectivity index (χ3n) is 13.1. The predicted octanol–water partition coefficient (Wildman–Crippen LogP) is 11.2. The Bertz CT molecular complexity index is 3570. The minimum absolute atomic E-state index is 0. The van der Waals surface area contributed by atoms with Gasteiger partial charge in [0.15, 0.2) is 0 Å². The van der Waals surface area contributed by atoms with Crippen LogP contribution in [0.25, 0.3) is 89.7 Å². The summed E-state index contributed by atoms with van der Waals surface area (Å²) in [7, 11) is 4.10. The summed E-state index contributed by atoms with van der Waals surface area (Å²) in [6.07, 6.45) is 21.8. The third-order valence-corrected chi connectivity index (χ3v) is 13.1. The molecule has 4 aliphatic rings. The van der Waals surface area contributed by atoms with Crippen LogP contribution in [-0.2, 0) is 53.2 Å². The first-order valence-electron chi connectivity index (χ1n) is 22.2. The van der Waals surface area contributed by atoms with Gasteiger partial charge in [-0.2, -0.15) is 37.4 Å². The van der Waals surface area contributed by atoms with Crippen molar-refractivity contribution in [3.8, 4) is 22.8 Å². The summed E-state index contributed by atoms with van der Waals surface area (Å²) in [6.45, 7) is 0. The second-order valence-electron chi connectivity index (χ2n) is 17.1. The van der Waals surface area contributed by atoms with Crippen LogP contribution in [0.2, 0.25) is 0 Å². The van der Waals surface area contributed by atoms with E-state index < -0.39 is 11.9 Å². The molecule has 0 saturated heterocycles. The van der Waals surface area contributed by atoms with Gasteiger partial charge in [-0.3, -0.25) is 4.98 Å². The van der Waals surface area contributed by atoms with E-state index in [-0.39, 0.29) is 25.8 Å². The number of para-hydroxylation sites is 4. The van der Waals surface area contributed by atoms with Gasteiger partial charge in [-0.1, -0.05) is 133 Å². The fraction of sp³-hybridized carbons (Fsp3) is 0.123. The van der Waals surface area contributed by atoms with E-state index in [1.807, 2.05) is 14.1 Å². The largest absolute Gasteiger partial charge is 0.573 e. The van der Waals surface area contributed by atoms with Crippen LogP contribution in [0.15, 0.2) is 140 Å². The molecule has 0 unspecified atom stereocenters. The smallest absolute Gasteiger partial charge is 0.431 e. The Morgan fingerprint density at radius 1 is 0.632 bits per heavy atom. The molecule has 14 rings (SSSR count). The Balaban J connectivity index is 0.000000116. The topological polar surface area (TPSA) is 57.5 Å².